The van der Waals surface area contributed by atoms with Gasteiger partial charge in [0.1, 0.15) is 6.61 Å². The molecule has 0 aliphatic rings. The summed E-state index contributed by atoms with van der Waals surface area (Å²) < 4.78 is 34.3. The van der Waals surface area contributed by atoms with E-state index in [0.717, 1.165) is 0 Å². The van der Waals surface area contributed by atoms with Gasteiger partial charge in [-0.2, -0.15) is 0 Å². The molecule has 0 heterocycles. The Balaban J connectivity index is 2.12. The number of allylic oxidation sites excluding steroid dienone is 1. The topological polar surface area (TPSA) is 54.0 Å². The van der Waals surface area contributed by atoms with Gasteiger partial charge in [-0.1, -0.05) is 12.1 Å². The number of ether oxygens (including phenoxy) is 4. The van der Waals surface area contributed by atoms with Crippen LogP contribution in [-0.4, -0.2) is 40.3 Å². The number of carbonyl (C=O) groups excluding carboxylic acids is 1. The molecule has 0 aliphatic carbocycles. The summed E-state index contributed by atoms with van der Waals surface area (Å²) in [5.74, 6) is 0.421. The van der Waals surface area contributed by atoms with Crippen LogP contribution in [0.25, 0.3) is 6.08 Å². The van der Waals surface area contributed by atoms with Crippen molar-refractivity contribution in [2.24, 2.45) is 0 Å². The highest BCUT2D eigenvalue weighted by atomic mass is 19.1. The van der Waals surface area contributed by atoms with Gasteiger partial charge in [-0.3, -0.25) is 4.79 Å². The summed E-state index contributed by atoms with van der Waals surface area (Å²) in [6.45, 7) is 0.827. The van der Waals surface area contributed by atoms with Crippen molar-refractivity contribution in [2.75, 3.05) is 34.5 Å². The van der Waals surface area contributed by atoms with Crippen LogP contribution in [0.5, 0.6) is 17.2 Å². The van der Waals surface area contributed by atoms with Gasteiger partial charge in [-0.25, -0.2) is 4.39 Å². The van der Waals surface area contributed by atoms with Gasteiger partial charge in [-0.15, -0.1) is 0 Å². The molecule has 0 aromatic heterocycles. The Bertz CT molecular complexity index is 786. The van der Waals surface area contributed by atoms with Crippen LogP contribution >= 0.6 is 0 Å². The van der Waals surface area contributed by atoms with Crippen LogP contribution in [-0.2, 0) is 4.74 Å². The van der Waals surface area contributed by atoms with E-state index in [4.69, 9.17) is 18.9 Å². The monoisotopic (exact) mass is 360 g/mol. The normalized spacial score (nSPS) is 10.8. The molecule has 138 valence electrons. The second kappa shape index (κ2) is 9.58. The van der Waals surface area contributed by atoms with Crippen molar-refractivity contribution >= 4 is 11.9 Å². The number of rotatable bonds is 9. The van der Waals surface area contributed by atoms with Gasteiger partial charge in [0, 0.05) is 12.7 Å². The van der Waals surface area contributed by atoms with E-state index in [0.29, 0.717) is 35.8 Å². The predicted molar refractivity (Wildman–Crippen MR) is 96.7 cm³/mol. The number of hydrogen-bond donors (Lipinski definition) is 0. The first-order chi connectivity index (χ1) is 12.6. The molecule has 2 aromatic rings. The van der Waals surface area contributed by atoms with Crippen molar-refractivity contribution in [1.29, 1.82) is 0 Å². The molecule has 0 unspecified atom stereocenters. The molecule has 2 rings (SSSR count). The Hall–Kier alpha value is -2.86. The molecule has 5 nitrogen and oxygen atoms in total. The molecule has 0 saturated heterocycles. The molecule has 0 saturated carbocycles. The third-order valence-electron chi connectivity index (χ3n) is 3.60. The third-order valence-corrected chi connectivity index (χ3v) is 3.60. The summed E-state index contributed by atoms with van der Waals surface area (Å²) >= 11 is 0. The summed E-state index contributed by atoms with van der Waals surface area (Å²) in [5, 5.41) is 0. The van der Waals surface area contributed by atoms with Crippen LogP contribution in [0.1, 0.15) is 15.9 Å². The van der Waals surface area contributed by atoms with E-state index in [1.54, 1.807) is 37.5 Å². The first-order valence-electron chi connectivity index (χ1n) is 7.94. The standard InChI is InChI=1S/C20H21FO5/c1-23-10-11-26-19-9-6-15(13-20(19)25-3)17(22)7-4-14-5-8-18(24-2)16(21)12-14/h4-9,12-13H,10-11H2,1-3H3/b7-4+. The first kappa shape index (κ1) is 19.5. The van der Waals surface area contributed by atoms with Gasteiger partial charge in [-0.05, 0) is 42.0 Å². The average Bonchev–Trinajstić information content (AvgIpc) is 2.66. The Morgan fingerprint density at radius 1 is 0.962 bits per heavy atom. The highest BCUT2D eigenvalue weighted by Gasteiger charge is 2.10. The van der Waals surface area contributed by atoms with Crippen LogP contribution in [0.3, 0.4) is 0 Å². The van der Waals surface area contributed by atoms with E-state index in [2.05, 4.69) is 0 Å². The van der Waals surface area contributed by atoms with Crippen LogP contribution in [0.2, 0.25) is 0 Å². The van der Waals surface area contributed by atoms with Crippen molar-refractivity contribution in [3.05, 3.63) is 59.4 Å². The van der Waals surface area contributed by atoms with Crippen molar-refractivity contribution < 1.29 is 28.1 Å². The quantitative estimate of drug-likeness (QED) is 0.387. The van der Waals surface area contributed by atoms with Gasteiger partial charge in [0.15, 0.2) is 28.8 Å². The Morgan fingerprint density at radius 2 is 1.69 bits per heavy atom. The molecule has 0 N–H and O–H groups in total. The highest BCUT2D eigenvalue weighted by Crippen LogP contribution is 2.28. The number of hydrogen-bond acceptors (Lipinski definition) is 5. The summed E-state index contributed by atoms with van der Waals surface area (Å²) in [6.07, 6.45) is 2.92. The van der Waals surface area contributed by atoms with Crippen molar-refractivity contribution in [3.8, 4) is 17.2 Å². The van der Waals surface area contributed by atoms with E-state index < -0.39 is 5.82 Å². The fourth-order valence-corrected chi connectivity index (χ4v) is 2.23. The zero-order valence-electron chi connectivity index (χ0n) is 15.0. The fraction of sp³-hybridized carbons (Fsp3) is 0.250. The summed E-state index contributed by atoms with van der Waals surface area (Å²) in [5.41, 5.74) is 0.995. The molecule has 2 aromatic carbocycles. The lowest BCUT2D eigenvalue weighted by atomic mass is 10.1. The number of halogens is 1. The lowest BCUT2D eigenvalue weighted by Gasteiger charge is -2.11. The minimum atomic E-state index is -0.485. The molecule has 0 radical (unpaired) electrons. The first-order valence-corrected chi connectivity index (χ1v) is 7.94. The second-order valence-electron chi connectivity index (χ2n) is 5.30. The van der Waals surface area contributed by atoms with E-state index in [1.807, 2.05) is 0 Å². The van der Waals surface area contributed by atoms with Crippen LogP contribution in [0.15, 0.2) is 42.5 Å². The minimum absolute atomic E-state index is 0.155. The number of ketones is 1. The number of methoxy groups -OCH3 is 3. The minimum Gasteiger partial charge on any atom is -0.494 e. The van der Waals surface area contributed by atoms with Crippen LogP contribution in [0.4, 0.5) is 4.39 Å². The maximum atomic E-state index is 13.7. The van der Waals surface area contributed by atoms with Crippen molar-refractivity contribution in [1.82, 2.24) is 0 Å². The van der Waals surface area contributed by atoms with Gasteiger partial charge in [0.2, 0.25) is 0 Å². The highest BCUT2D eigenvalue weighted by molar-refractivity contribution is 6.07. The molecule has 0 aliphatic heterocycles. The van der Waals surface area contributed by atoms with Gasteiger partial charge in [0.25, 0.3) is 0 Å². The molecule has 0 spiro atoms. The molecule has 0 bridgehead atoms. The fourth-order valence-electron chi connectivity index (χ4n) is 2.23. The SMILES string of the molecule is COCCOc1ccc(C(=O)/C=C/c2ccc(OC)c(F)c2)cc1OC. The zero-order valence-corrected chi connectivity index (χ0v) is 15.0. The van der Waals surface area contributed by atoms with Crippen LogP contribution < -0.4 is 14.2 Å². The molecule has 26 heavy (non-hydrogen) atoms. The summed E-state index contributed by atoms with van der Waals surface area (Å²) in [6, 6.07) is 9.39. The molecular formula is C20H21FO5. The lowest BCUT2D eigenvalue weighted by Crippen LogP contribution is -2.06. The second-order valence-corrected chi connectivity index (χ2v) is 5.30. The van der Waals surface area contributed by atoms with E-state index in [9.17, 15) is 9.18 Å². The number of benzene rings is 2. The van der Waals surface area contributed by atoms with E-state index in [-0.39, 0.29) is 11.5 Å². The number of carbonyl (C=O) groups is 1. The molecule has 0 fully saturated rings. The third kappa shape index (κ3) is 5.07. The Morgan fingerprint density at radius 3 is 2.35 bits per heavy atom. The maximum absolute atomic E-state index is 13.7. The Labute approximate surface area is 151 Å². The van der Waals surface area contributed by atoms with Gasteiger partial charge >= 0.3 is 0 Å². The smallest absolute Gasteiger partial charge is 0.185 e. The largest absolute Gasteiger partial charge is 0.494 e. The average molecular weight is 360 g/mol. The van der Waals surface area contributed by atoms with E-state index in [1.165, 1.54) is 32.4 Å². The molecule has 0 atom stereocenters. The summed E-state index contributed by atoms with van der Waals surface area (Å²) in [4.78, 5) is 12.3. The predicted octanol–water partition coefficient (Wildman–Crippen LogP) is 3.76. The van der Waals surface area contributed by atoms with Crippen molar-refractivity contribution in [2.45, 2.75) is 0 Å². The molecular weight excluding hydrogens is 339 g/mol. The molecule has 0 amide bonds. The van der Waals surface area contributed by atoms with Gasteiger partial charge in [0.05, 0.1) is 20.8 Å². The van der Waals surface area contributed by atoms with Crippen molar-refractivity contribution in [3.63, 3.8) is 0 Å². The maximum Gasteiger partial charge on any atom is 0.185 e. The summed E-state index contributed by atoms with van der Waals surface area (Å²) in [7, 11) is 4.49. The van der Waals surface area contributed by atoms with Crippen LogP contribution in [0, 0.1) is 5.82 Å². The zero-order chi connectivity index (χ0) is 18.9. The molecule has 6 heteroatoms. The van der Waals surface area contributed by atoms with Gasteiger partial charge < -0.3 is 18.9 Å². The Kier molecular flexibility index (Phi) is 7.17. The van der Waals surface area contributed by atoms with E-state index >= 15 is 0 Å². The lowest BCUT2D eigenvalue weighted by molar-refractivity contribution is 0.104.